The molecule has 1 aromatic carbocycles. The van der Waals surface area contributed by atoms with E-state index in [9.17, 15) is 13.2 Å². The van der Waals surface area contributed by atoms with Gasteiger partial charge in [0.25, 0.3) is 0 Å². The standard InChI is InChI=1S/C14H17F3N2/c1-18-6-10-8-19(9-11(10)7-18)13-4-2-12(3-5-13)14(15,16)17/h2-5,10-11H,6-9H2,1H3. The molecule has 2 atom stereocenters. The van der Waals surface area contributed by atoms with Crippen LogP contribution in [0, 0.1) is 11.8 Å². The van der Waals surface area contributed by atoms with E-state index in [1.54, 1.807) is 12.1 Å². The molecule has 0 aromatic heterocycles. The maximum Gasteiger partial charge on any atom is 0.416 e. The van der Waals surface area contributed by atoms with Crippen LogP contribution in [0.4, 0.5) is 18.9 Å². The van der Waals surface area contributed by atoms with Gasteiger partial charge in [0, 0.05) is 31.9 Å². The highest BCUT2D eigenvalue weighted by molar-refractivity contribution is 5.49. The van der Waals surface area contributed by atoms with Crippen molar-refractivity contribution in [1.82, 2.24) is 4.90 Å². The maximum atomic E-state index is 12.5. The second-order valence-corrected chi connectivity index (χ2v) is 5.69. The Hall–Kier alpha value is -1.23. The van der Waals surface area contributed by atoms with Crippen molar-refractivity contribution >= 4 is 5.69 Å². The highest BCUT2D eigenvalue weighted by Crippen LogP contribution is 2.35. The minimum absolute atomic E-state index is 0.574. The van der Waals surface area contributed by atoms with E-state index in [-0.39, 0.29) is 0 Å². The third kappa shape index (κ3) is 2.43. The second-order valence-electron chi connectivity index (χ2n) is 5.69. The van der Waals surface area contributed by atoms with E-state index in [0.29, 0.717) is 11.8 Å². The predicted octanol–water partition coefficient (Wildman–Crippen LogP) is 2.70. The summed E-state index contributed by atoms with van der Waals surface area (Å²) in [4.78, 5) is 4.54. The lowest BCUT2D eigenvalue weighted by Gasteiger charge is -2.21. The average molecular weight is 270 g/mol. The molecule has 2 fully saturated rings. The van der Waals surface area contributed by atoms with Crippen molar-refractivity contribution in [1.29, 1.82) is 0 Å². The van der Waals surface area contributed by atoms with Crippen molar-refractivity contribution in [3.05, 3.63) is 29.8 Å². The van der Waals surface area contributed by atoms with Crippen molar-refractivity contribution in [3.63, 3.8) is 0 Å². The predicted molar refractivity (Wildman–Crippen MR) is 68.1 cm³/mol. The van der Waals surface area contributed by atoms with Crippen molar-refractivity contribution in [2.45, 2.75) is 6.18 Å². The summed E-state index contributed by atoms with van der Waals surface area (Å²) in [6, 6.07) is 5.53. The number of alkyl halides is 3. The van der Waals surface area contributed by atoms with Gasteiger partial charge in [0.05, 0.1) is 5.56 Å². The average Bonchev–Trinajstić information content (AvgIpc) is 2.85. The zero-order chi connectivity index (χ0) is 13.6. The van der Waals surface area contributed by atoms with Gasteiger partial charge in [-0.3, -0.25) is 0 Å². The molecule has 2 aliphatic rings. The lowest BCUT2D eigenvalue weighted by molar-refractivity contribution is -0.137. The molecule has 3 rings (SSSR count). The summed E-state index contributed by atoms with van der Waals surface area (Å²) >= 11 is 0. The van der Waals surface area contributed by atoms with Crippen LogP contribution in [-0.2, 0) is 6.18 Å². The molecule has 0 amide bonds. The Morgan fingerprint density at radius 2 is 1.47 bits per heavy atom. The molecule has 0 aliphatic carbocycles. The van der Waals surface area contributed by atoms with Gasteiger partial charge in [-0.2, -0.15) is 13.2 Å². The van der Waals surface area contributed by atoms with Gasteiger partial charge in [0.1, 0.15) is 0 Å². The molecule has 1 aromatic rings. The second kappa shape index (κ2) is 4.40. The topological polar surface area (TPSA) is 6.48 Å². The molecule has 2 nitrogen and oxygen atoms in total. The molecule has 5 heteroatoms. The highest BCUT2D eigenvalue weighted by Gasteiger charge is 2.38. The van der Waals surface area contributed by atoms with Gasteiger partial charge < -0.3 is 9.80 Å². The number of fused-ring (bicyclic) bond motifs is 1. The van der Waals surface area contributed by atoms with Crippen molar-refractivity contribution in [2.24, 2.45) is 11.8 Å². The third-order valence-corrected chi connectivity index (χ3v) is 4.23. The van der Waals surface area contributed by atoms with Gasteiger partial charge in [0.2, 0.25) is 0 Å². The molecule has 104 valence electrons. The monoisotopic (exact) mass is 270 g/mol. The highest BCUT2D eigenvalue weighted by atomic mass is 19.4. The van der Waals surface area contributed by atoms with Crippen LogP contribution in [0.15, 0.2) is 24.3 Å². The summed E-state index contributed by atoms with van der Waals surface area (Å²) < 4.78 is 37.5. The molecule has 2 unspecified atom stereocenters. The molecule has 0 bridgehead atoms. The molecule has 2 heterocycles. The van der Waals surface area contributed by atoms with E-state index in [0.717, 1.165) is 31.9 Å². The van der Waals surface area contributed by atoms with E-state index >= 15 is 0 Å². The fraction of sp³-hybridized carbons (Fsp3) is 0.571. The lowest BCUT2D eigenvalue weighted by Crippen LogP contribution is -2.26. The molecule has 0 saturated carbocycles. The van der Waals surface area contributed by atoms with Crippen LogP contribution >= 0.6 is 0 Å². The number of hydrogen-bond acceptors (Lipinski definition) is 2. The van der Waals surface area contributed by atoms with Crippen LogP contribution in [0.5, 0.6) is 0 Å². The molecular formula is C14H17F3N2. The van der Waals surface area contributed by atoms with E-state index in [1.807, 2.05) is 0 Å². The smallest absolute Gasteiger partial charge is 0.371 e. The van der Waals surface area contributed by atoms with Gasteiger partial charge in [-0.1, -0.05) is 0 Å². The molecule has 19 heavy (non-hydrogen) atoms. The van der Waals surface area contributed by atoms with Crippen LogP contribution in [0.25, 0.3) is 0 Å². The fourth-order valence-electron chi connectivity index (χ4n) is 3.30. The molecule has 2 aliphatic heterocycles. The summed E-state index contributed by atoms with van der Waals surface area (Å²) in [6.07, 6.45) is -4.25. The Morgan fingerprint density at radius 3 is 1.95 bits per heavy atom. The SMILES string of the molecule is CN1CC2CN(c3ccc(C(F)(F)F)cc3)CC2C1. The number of halogens is 3. The van der Waals surface area contributed by atoms with Crippen LogP contribution in [0.3, 0.4) is 0 Å². The minimum Gasteiger partial charge on any atom is -0.371 e. The Morgan fingerprint density at radius 1 is 0.947 bits per heavy atom. The first kappa shape index (κ1) is 12.8. The van der Waals surface area contributed by atoms with Crippen LogP contribution < -0.4 is 4.90 Å². The van der Waals surface area contributed by atoms with Gasteiger partial charge in [-0.25, -0.2) is 0 Å². The maximum absolute atomic E-state index is 12.5. The Labute approximate surface area is 110 Å². The van der Waals surface area contributed by atoms with Gasteiger partial charge in [-0.15, -0.1) is 0 Å². The lowest BCUT2D eigenvalue weighted by atomic mass is 10.0. The first-order valence-corrected chi connectivity index (χ1v) is 6.54. The zero-order valence-corrected chi connectivity index (χ0v) is 10.8. The molecule has 0 N–H and O–H groups in total. The molecule has 0 spiro atoms. The van der Waals surface area contributed by atoms with Crippen LogP contribution in [0.1, 0.15) is 5.56 Å². The van der Waals surface area contributed by atoms with Crippen molar-refractivity contribution in [3.8, 4) is 0 Å². The Bertz CT molecular complexity index is 441. The summed E-state index contributed by atoms with van der Waals surface area (Å²) in [5.41, 5.74) is 0.334. The normalized spacial score (nSPS) is 27.9. The fourth-order valence-corrected chi connectivity index (χ4v) is 3.30. The summed E-state index contributed by atoms with van der Waals surface area (Å²) in [7, 11) is 2.13. The van der Waals surface area contributed by atoms with E-state index in [1.165, 1.54) is 12.1 Å². The number of benzene rings is 1. The molecule has 0 radical (unpaired) electrons. The number of rotatable bonds is 1. The van der Waals surface area contributed by atoms with Crippen molar-refractivity contribution < 1.29 is 13.2 Å². The molecule has 2 saturated heterocycles. The Balaban J connectivity index is 1.71. The third-order valence-electron chi connectivity index (χ3n) is 4.23. The number of nitrogens with zero attached hydrogens (tertiary/aromatic N) is 2. The summed E-state index contributed by atoms with van der Waals surface area (Å²) in [5, 5.41) is 0. The molecular weight excluding hydrogens is 253 g/mol. The largest absolute Gasteiger partial charge is 0.416 e. The number of hydrogen-bond donors (Lipinski definition) is 0. The first-order valence-electron chi connectivity index (χ1n) is 6.54. The van der Waals surface area contributed by atoms with E-state index in [4.69, 9.17) is 0 Å². The van der Waals surface area contributed by atoms with Gasteiger partial charge >= 0.3 is 6.18 Å². The zero-order valence-electron chi connectivity index (χ0n) is 10.8. The first-order chi connectivity index (χ1) is 8.93. The quantitative estimate of drug-likeness (QED) is 0.774. The van der Waals surface area contributed by atoms with E-state index < -0.39 is 11.7 Å². The minimum atomic E-state index is -4.25. The van der Waals surface area contributed by atoms with Crippen LogP contribution in [-0.4, -0.2) is 38.1 Å². The summed E-state index contributed by atoms with van der Waals surface area (Å²) in [6.45, 7) is 4.12. The van der Waals surface area contributed by atoms with Gasteiger partial charge in [-0.05, 0) is 43.1 Å². The number of anilines is 1. The van der Waals surface area contributed by atoms with Crippen molar-refractivity contribution in [2.75, 3.05) is 38.1 Å². The number of likely N-dealkylation sites (tertiary alicyclic amines) is 1. The van der Waals surface area contributed by atoms with Gasteiger partial charge in [0.15, 0.2) is 0 Å². The van der Waals surface area contributed by atoms with Crippen LogP contribution in [0.2, 0.25) is 0 Å². The van der Waals surface area contributed by atoms with E-state index in [2.05, 4.69) is 16.8 Å². The summed E-state index contributed by atoms with van der Waals surface area (Å²) in [5.74, 6) is 1.32. The Kier molecular flexibility index (Phi) is 2.96.